The van der Waals surface area contributed by atoms with E-state index in [-0.39, 0.29) is 5.75 Å². The predicted octanol–water partition coefficient (Wildman–Crippen LogP) is 2.96. The molecule has 0 aliphatic rings. The quantitative estimate of drug-likeness (QED) is 0.721. The zero-order valence-electron chi connectivity index (χ0n) is 7.32. The number of benzene rings is 1. The molecule has 2 heteroatoms. The van der Waals surface area contributed by atoms with Crippen LogP contribution in [0.1, 0.15) is 5.56 Å². The lowest BCUT2D eigenvalue weighted by molar-refractivity contribution is 0.469. The first kappa shape index (κ1) is 7.92. The van der Waals surface area contributed by atoms with Crippen molar-refractivity contribution in [1.29, 1.82) is 0 Å². The molecule has 1 heterocycles. The molecule has 1 aromatic carbocycles. The Morgan fingerprint density at radius 1 is 1.15 bits per heavy atom. The van der Waals surface area contributed by atoms with E-state index in [9.17, 15) is 5.11 Å². The van der Waals surface area contributed by atoms with E-state index in [0.717, 1.165) is 11.1 Å². The maximum absolute atomic E-state index is 9.71. The number of hydrogen-bond donors (Lipinski definition) is 1. The van der Waals surface area contributed by atoms with Gasteiger partial charge in [0.15, 0.2) is 0 Å². The van der Waals surface area contributed by atoms with Gasteiger partial charge in [0.05, 0.1) is 11.8 Å². The lowest BCUT2D eigenvalue weighted by Crippen LogP contribution is -1.79. The Balaban J connectivity index is 2.59. The van der Waals surface area contributed by atoms with Gasteiger partial charge in [-0.15, -0.1) is 0 Å². The third kappa shape index (κ3) is 1.31. The Bertz CT molecular complexity index is 402. The third-order valence-corrected chi connectivity index (χ3v) is 2.02. The molecule has 0 spiro atoms. The SMILES string of the molecule is Cc1cccc(-c2ccco2)c1O. The summed E-state index contributed by atoms with van der Waals surface area (Å²) in [6.45, 7) is 1.86. The lowest BCUT2D eigenvalue weighted by Gasteiger charge is -2.03. The molecular weight excluding hydrogens is 164 g/mol. The molecule has 0 fully saturated rings. The fourth-order valence-electron chi connectivity index (χ4n) is 1.29. The highest BCUT2D eigenvalue weighted by molar-refractivity contribution is 5.67. The molecule has 0 amide bonds. The van der Waals surface area contributed by atoms with Gasteiger partial charge >= 0.3 is 0 Å². The monoisotopic (exact) mass is 174 g/mol. The van der Waals surface area contributed by atoms with Crippen LogP contribution in [0.5, 0.6) is 5.75 Å². The minimum atomic E-state index is 0.289. The second-order valence-corrected chi connectivity index (χ2v) is 2.95. The number of furan rings is 1. The van der Waals surface area contributed by atoms with Crippen molar-refractivity contribution in [2.75, 3.05) is 0 Å². The Hall–Kier alpha value is -1.70. The van der Waals surface area contributed by atoms with Crippen molar-refractivity contribution in [3.05, 3.63) is 42.2 Å². The van der Waals surface area contributed by atoms with Crippen LogP contribution in [0.25, 0.3) is 11.3 Å². The third-order valence-electron chi connectivity index (χ3n) is 2.02. The Morgan fingerprint density at radius 2 is 2.00 bits per heavy atom. The summed E-state index contributed by atoms with van der Waals surface area (Å²) in [6, 6.07) is 9.22. The van der Waals surface area contributed by atoms with E-state index >= 15 is 0 Å². The van der Waals surface area contributed by atoms with Gasteiger partial charge < -0.3 is 9.52 Å². The molecule has 0 atom stereocenters. The van der Waals surface area contributed by atoms with E-state index in [1.807, 2.05) is 31.2 Å². The molecular formula is C11H10O2. The van der Waals surface area contributed by atoms with Gasteiger partial charge in [-0.1, -0.05) is 12.1 Å². The number of rotatable bonds is 1. The lowest BCUT2D eigenvalue weighted by atomic mass is 10.1. The van der Waals surface area contributed by atoms with Crippen LogP contribution in [0.4, 0.5) is 0 Å². The summed E-state index contributed by atoms with van der Waals surface area (Å²) in [5, 5.41) is 9.71. The number of aromatic hydroxyl groups is 1. The van der Waals surface area contributed by atoms with Crippen molar-refractivity contribution in [1.82, 2.24) is 0 Å². The largest absolute Gasteiger partial charge is 0.507 e. The van der Waals surface area contributed by atoms with Crippen LogP contribution in [-0.4, -0.2) is 5.11 Å². The normalized spacial score (nSPS) is 10.2. The van der Waals surface area contributed by atoms with Gasteiger partial charge in [0.2, 0.25) is 0 Å². The van der Waals surface area contributed by atoms with E-state index in [1.165, 1.54) is 0 Å². The molecule has 1 N–H and O–H groups in total. The number of para-hydroxylation sites is 1. The van der Waals surface area contributed by atoms with Crippen molar-refractivity contribution in [3.8, 4) is 17.1 Å². The fraction of sp³-hybridized carbons (Fsp3) is 0.0909. The van der Waals surface area contributed by atoms with E-state index in [1.54, 1.807) is 12.3 Å². The van der Waals surface area contributed by atoms with Crippen molar-refractivity contribution in [2.24, 2.45) is 0 Å². The number of phenols is 1. The van der Waals surface area contributed by atoms with E-state index in [2.05, 4.69) is 0 Å². The van der Waals surface area contributed by atoms with Gasteiger partial charge in [-0.3, -0.25) is 0 Å². The zero-order chi connectivity index (χ0) is 9.26. The Kier molecular flexibility index (Phi) is 1.81. The maximum Gasteiger partial charge on any atom is 0.137 e. The smallest absolute Gasteiger partial charge is 0.137 e. The predicted molar refractivity (Wildman–Crippen MR) is 50.5 cm³/mol. The van der Waals surface area contributed by atoms with Crippen LogP contribution in [-0.2, 0) is 0 Å². The first-order chi connectivity index (χ1) is 6.29. The Morgan fingerprint density at radius 3 is 2.69 bits per heavy atom. The molecule has 2 nitrogen and oxygen atoms in total. The second kappa shape index (κ2) is 2.98. The zero-order valence-corrected chi connectivity index (χ0v) is 7.32. The molecule has 0 saturated heterocycles. The molecule has 2 aromatic rings. The standard InChI is InChI=1S/C11H10O2/c1-8-4-2-5-9(11(8)12)10-6-3-7-13-10/h2-7,12H,1H3. The molecule has 0 bridgehead atoms. The molecule has 0 saturated carbocycles. The molecule has 0 aliphatic carbocycles. The summed E-state index contributed by atoms with van der Waals surface area (Å²) in [5.41, 5.74) is 1.60. The van der Waals surface area contributed by atoms with Gasteiger partial charge in [-0.05, 0) is 30.7 Å². The summed E-state index contributed by atoms with van der Waals surface area (Å²) < 4.78 is 5.20. The average molecular weight is 174 g/mol. The average Bonchev–Trinajstić information content (AvgIpc) is 2.62. The minimum absolute atomic E-state index is 0.289. The highest BCUT2D eigenvalue weighted by atomic mass is 16.3. The number of aryl methyl sites for hydroxylation is 1. The summed E-state index contributed by atoms with van der Waals surface area (Å²) in [4.78, 5) is 0. The van der Waals surface area contributed by atoms with Gasteiger partial charge in [0, 0.05) is 0 Å². The molecule has 66 valence electrons. The van der Waals surface area contributed by atoms with Gasteiger partial charge in [0.25, 0.3) is 0 Å². The van der Waals surface area contributed by atoms with Crippen molar-refractivity contribution < 1.29 is 9.52 Å². The van der Waals surface area contributed by atoms with Crippen molar-refractivity contribution >= 4 is 0 Å². The maximum atomic E-state index is 9.71. The van der Waals surface area contributed by atoms with E-state index in [0.29, 0.717) is 5.76 Å². The Labute approximate surface area is 76.4 Å². The molecule has 13 heavy (non-hydrogen) atoms. The van der Waals surface area contributed by atoms with Crippen molar-refractivity contribution in [3.63, 3.8) is 0 Å². The van der Waals surface area contributed by atoms with Gasteiger partial charge in [-0.25, -0.2) is 0 Å². The van der Waals surface area contributed by atoms with Crippen LogP contribution < -0.4 is 0 Å². The van der Waals surface area contributed by atoms with Crippen LogP contribution in [0.3, 0.4) is 0 Å². The minimum Gasteiger partial charge on any atom is -0.507 e. The van der Waals surface area contributed by atoms with Crippen LogP contribution in [0.2, 0.25) is 0 Å². The van der Waals surface area contributed by atoms with Crippen molar-refractivity contribution in [2.45, 2.75) is 6.92 Å². The first-order valence-electron chi connectivity index (χ1n) is 4.11. The summed E-state index contributed by atoms with van der Waals surface area (Å²) in [6.07, 6.45) is 1.59. The molecule has 0 unspecified atom stereocenters. The van der Waals surface area contributed by atoms with Crippen LogP contribution >= 0.6 is 0 Å². The second-order valence-electron chi connectivity index (χ2n) is 2.95. The number of hydrogen-bond acceptors (Lipinski definition) is 2. The summed E-state index contributed by atoms with van der Waals surface area (Å²) in [7, 11) is 0. The highest BCUT2D eigenvalue weighted by Gasteiger charge is 2.07. The first-order valence-corrected chi connectivity index (χ1v) is 4.11. The molecule has 0 radical (unpaired) electrons. The number of phenolic OH excluding ortho intramolecular Hbond substituents is 1. The van der Waals surface area contributed by atoms with Gasteiger partial charge in [-0.2, -0.15) is 0 Å². The van der Waals surface area contributed by atoms with E-state index in [4.69, 9.17) is 4.42 Å². The summed E-state index contributed by atoms with van der Waals surface area (Å²) >= 11 is 0. The van der Waals surface area contributed by atoms with E-state index < -0.39 is 0 Å². The summed E-state index contributed by atoms with van der Waals surface area (Å²) in [5.74, 6) is 0.985. The fourth-order valence-corrected chi connectivity index (χ4v) is 1.29. The molecule has 0 aliphatic heterocycles. The molecule has 1 aromatic heterocycles. The van der Waals surface area contributed by atoms with Gasteiger partial charge in [0.1, 0.15) is 11.5 Å². The van der Waals surface area contributed by atoms with Crippen LogP contribution in [0, 0.1) is 6.92 Å². The topological polar surface area (TPSA) is 33.4 Å². The highest BCUT2D eigenvalue weighted by Crippen LogP contribution is 2.31. The van der Waals surface area contributed by atoms with Crippen LogP contribution in [0.15, 0.2) is 41.0 Å². The molecule has 2 rings (SSSR count).